The third-order valence-corrected chi connectivity index (χ3v) is 5.62. The Labute approximate surface area is 115 Å². The molecule has 1 atom stereocenters. The number of anilines is 1. The van der Waals surface area contributed by atoms with E-state index >= 15 is 0 Å². The molecule has 0 bridgehead atoms. The highest BCUT2D eigenvalue weighted by Crippen LogP contribution is 2.28. The Morgan fingerprint density at radius 1 is 1.63 bits per heavy atom. The number of rotatable bonds is 3. The van der Waals surface area contributed by atoms with Gasteiger partial charge in [-0.05, 0) is 6.07 Å². The highest BCUT2D eigenvalue weighted by Gasteiger charge is 2.33. The van der Waals surface area contributed by atoms with Crippen molar-refractivity contribution < 1.29 is 17.9 Å². The van der Waals surface area contributed by atoms with E-state index in [0.717, 1.165) is 12.0 Å². The van der Waals surface area contributed by atoms with Gasteiger partial charge in [-0.1, -0.05) is 0 Å². The SMILES string of the molecule is CS(=O)(=O)C1CSCCN1c1nccc(CO)c1F. The third-order valence-electron chi connectivity index (χ3n) is 2.97. The zero-order valence-electron chi connectivity index (χ0n) is 10.4. The molecule has 8 heteroatoms. The molecule has 2 heterocycles. The lowest BCUT2D eigenvalue weighted by Crippen LogP contribution is -2.47. The van der Waals surface area contributed by atoms with E-state index in [9.17, 15) is 12.8 Å². The van der Waals surface area contributed by atoms with Gasteiger partial charge < -0.3 is 10.0 Å². The fourth-order valence-electron chi connectivity index (χ4n) is 1.97. The Hall–Kier alpha value is -0.860. The van der Waals surface area contributed by atoms with Gasteiger partial charge in [0.2, 0.25) is 0 Å². The quantitative estimate of drug-likeness (QED) is 0.883. The van der Waals surface area contributed by atoms with Gasteiger partial charge >= 0.3 is 0 Å². The van der Waals surface area contributed by atoms with Crippen molar-refractivity contribution in [3.63, 3.8) is 0 Å². The minimum Gasteiger partial charge on any atom is -0.392 e. The van der Waals surface area contributed by atoms with Gasteiger partial charge in [-0.15, -0.1) is 0 Å². The molecule has 0 aromatic carbocycles. The Morgan fingerprint density at radius 3 is 3.00 bits per heavy atom. The summed E-state index contributed by atoms with van der Waals surface area (Å²) in [7, 11) is -3.32. The Morgan fingerprint density at radius 2 is 2.37 bits per heavy atom. The van der Waals surface area contributed by atoms with Gasteiger partial charge in [0.05, 0.1) is 6.61 Å². The molecule has 106 valence electrons. The van der Waals surface area contributed by atoms with Crippen LogP contribution >= 0.6 is 11.8 Å². The molecule has 1 unspecified atom stereocenters. The molecule has 0 amide bonds. The number of pyridine rings is 1. The lowest BCUT2D eigenvalue weighted by atomic mass is 10.2. The monoisotopic (exact) mass is 306 g/mol. The maximum atomic E-state index is 14.2. The molecule has 2 rings (SSSR count). The van der Waals surface area contributed by atoms with Crippen LogP contribution in [0.15, 0.2) is 12.3 Å². The van der Waals surface area contributed by atoms with Crippen LogP contribution in [0.2, 0.25) is 0 Å². The topological polar surface area (TPSA) is 70.5 Å². The van der Waals surface area contributed by atoms with Crippen LogP contribution in [0.3, 0.4) is 0 Å². The van der Waals surface area contributed by atoms with Gasteiger partial charge in [0.15, 0.2) is 21.5 Å². The fraction of sp³-hybridized carbons (Fsp3) is 0.545. The molecule has 19 heavy (non-hydrogen) atoms. The van der Waals surface area contributed by atoms with Crippen molar-refractivity contribution in [3.05, 3.63) is 23.6 Å². The molecule has 0 saturated carbocycles. The van der Waals surface area contributed by atoms with Crippen LogP contribution in [0.25, 0.3) is 0 Å². The summed E-state index contributed by atoms with van der Waals surface area (Å²) in [6, 6.07) is 1.38. The van der Waals surface area contributed by atoms with Crippen LogP contribution in [0, 0.1) is 5.82 Å². The Balaban J connectivity index is 2.44. The van der Waals surface area contributed by atoms with E-state index in [1.165, 1.54) is 28.9 Å². The maximum Gasteiger partial charge on any atom is 0.171 e. The van der Waals surface area contributed by atoms with E-state index in [0.29, 0.717) is 12.3 Å². The van der Waals surface area contributed by atoms with Gasteiger partial charge in [-0.2, -0.15) is 11.8 Å². The standard InChI is InChI=1S/C11H15FN2O3S2/c1-19(16,17)9-7-18-5-4-14(9)11-10(12)8(6-15)2-3-13-11/h2-3,9,15H,4-7H2,1H3. The first-order chi connectivity index (χ1) is 8.95. The van der Waals surface area contributed by atoms with Crippen molar-refractivity contribution in [1.82, 2.24) is 4.98 Å². The van der Waals surface area contributed by atoms with Crippen molar-refractivity contribution in [2.24, 2.45) is 0 Å². The molecular weight excluding hydrogens is 291 g/mol. The highest BCUT2D eigenvalue weighted by atomic mass is 32.2. The van der Waals surface area contributed by atoms with Crippen LogP contribution in [0.1, 0.15) is 5.56 Å². The predicted molar refractivity (Wildman–Crippen MR) is 73.4 cm³/mol. The smallest absolute Gasteiger partial charge is 0.171 e. The number of thioether (sulfide) groups is 1. The first-order valence-corrected chi connectivity index (χ1v) is 8.83. The first-order valence-electron chi connectivity index (χ1n) is 5.72. The summed E-state index contributed by atoms with van der Waals surface area (Å²) in [6.45, 7) is -0.0192. The molecular formula is C11H15FN2O3S2. The average Bonchev–Trinajstić information content (AvgIpc) is 2.38. The van der Waals surface area contributed by atoms with E-state index in [1.807, 2.05) is 0 Å². The zero-order valence-corrected chi connectivity index (χ0v) is 12.0. The van der Waals surface area contributed by atoms with Crippen LogP contribution in [0.4, 0.5) is 10.2 Å². The molecule has 1 N–H and O–H groups in total. The number of hydrogen-bond donors (Lipinski definition) is 1. The Kier molecular flexibility index (Phi) is 4.32. The minimum atomic E-state index is -3.32. The van der Waals surface area contributed by atoms with Gasteiger partial charge in [0.25, 0.3) is 0 Å². The lowest BCUT2D eigenvalue weighted by Gasteiger charge is -2.35. The van der Waals surface area contributed by atoms with Crippen molar-refractivity contribution in [2.45, 2.75) is 12.0 Å². The number of aromatic nitrogens is 1. The summed E-state index contributed by atoms with van der Waals surface area (Å²) >= 11 is 1.52. The van der Waals surface area contributed by atoms with Crippen LogP contribution < -0.4 is 4.90 Å². The summed E-state index contributed by atoms with van der Waals surface area (Å²) in [6.07, 6.45) is 2.52. The molecule has 1 aliphatic rings. The second kappa shape index (κ2) is 5.64. The molecule has 1 aromatic rings. The molecule has 5 nitrogen and oxygen atoms in total. The van der Waals surface area contributed by atoms with Crippen molar-refractivity contribution in [2.75, 3.05) is 29.2 Å². The molecule has 1 fully saturated rings. The van der Waals surface area contributed by atoms with Gasteiger partial charge in [-0.3, -0.25) is 0 Å². The van der Waals surface area contributed by atoms with E-state index in [1.54, 1.807) is 0 Å². The van der Waals surface area contributed by atoms with E-state index in [2.05, 4.69) is 4.98 Å². The Bertz CT molecular complexity index is 565. The van der Waals surface area contributed by atoms with Gasteiger partial charge in [0, 0.05) is 36.1 Å². The van der Waals surface area contributed by atoms with Gasteiger partial charge in [0.1, 0.15) is 5.37 Å². The fourth-order valence-corrected chi connectivity index (χ4v) is 4.79. The number of hydrogen-bond acceptors (Lipinski definition) is 6. The maximum absolute atomic E-state index is 14.2. The number of aliphatic hydroxyl groups is 1. The third kappa shape index (κ3) is 3.01. The first kappa shape index (κ1) is 14.5. The molecule has 0 aliphatic carbocycles. The van der Waals surface area contributed by atoms with Gasteiger partial charge in [-0.25, -0.2) is 17.8 Å². The summed E-state index contributed by atoms with van der Waals surface area (Å²) in [4.78, 5) is 5.41. The van der Waals surface area contributed by atoms with Crippen molar-refractivity contribution in [3.8, 4) is 0 Å². The highest BCUT2D eigenvalue weighted by molar-refractivity contribution is 8.01. The number of nitrogens with zero attached hydrogens (tertiary/aromatic N) is 2. The van der Waals surface area contributed by atoms with Crippen molar-refractivity contribution in [1.29, 1.82) is 0 Å². The molecule has 1 aromatic heterocycles. The van der Waals surface area contributed by atoms with E-state index < -0.39 is 27.6 Å². The molecule has 0 radical (unpaired) electrons. The molecule has 0 spiro atoms. The second-order valence-corrected chi connectivity index (χ2v) is 7.67. The summed E-state index contributed by atoms with van der Waals surface area (Å²) in [5.74, 6) is 0.465. The second-order valence-electron chi connectivity index (χ2n) is 4.32. The normalized spacial score (nSPS) is 20.6. The summed E-state index contributed by atoms with van der Waals surface area (Å²) in [5.41, 5.74) is 0.121. The largest absolute Gasteiger partial charge is 0.392 e. The van der Waals surface area contributed by atoms with Crippen LogP contribution in [-0.4, -0.2) is 48.2 Å². The average molecular weight is 306 g/mol. The number of halogens is 1. The molecule has 1 saturated heterocycles. The predicted octanol–water partition coefficient (Wildman–Crippen LogP) is 0.637. The summed E-state index contributed by atoms with van der Waals surface area (Å²) < 4.78 is 37.7. The number of sulfone groups is 1. The van der Waals surface area contributed by atoms with E-state index in [4.69, 9.17) is 5.11 Å². The van der Waals surface area contributed by atoms with Crippen LogP contribution in [0.5, 0.6) is 0 Å². The summed E-state index contributed by atoms with van der Waals surface area (Å²) in [5, 5.41) is 8.28. The minimum absolute atomic E-state index is 0.00211. The number of aliphatic hydroxyl groups excluding tert-OH is 1. The van der Waals surface area contributed by atoms with Crippen molar-refractivity contribution >= 4 is 27.4 Å². The zero-order chi connectivity index (χ0) is 14.0. The van der Waals surface area contributed by atoms with E-state index in [-0.39, 0.29) is 11.4 Å². The lowest BCUT2D eigenvalue weighted by molar-refractivity contribution is 0.275. The van der Waals surface area contributed by atoms with Crippen LogP contribution in [-0.2, 0) is 16.4 Å². The molecule has 1 aliphatic heterocycles.